The summed E-state index contributed by atoms with van der Waals surface area (Å²) in [6.07, 6.45) is 4.42. The molecule has 0 spiro atoms. The van der Waals surface area contributed by atoms with Crippen LogP contribution in [0.25, 0.3) is 0 Å². The van der Waals surface area contributed by atoms with E-state index in [4.69, 9.17) is 0 Å². The minimum atomic E-state index is 0.252. The molecule has 0 bridgehead atoms. The van der Waals surface area contributed by atoms with Crippen LogP contribution in [0, 0.1) is 11.8 Å². The second kappa shape index (κ2) is 4.82. The molecule has 1 unspecified atom stereocenters. The van der Waals surface area contributed by atoms with Crippen LogP contribution in [0.4, 0.5) is 0 Å². The summed E-state index contributed by atoms with van der Waals surface area (Å²) in [6, 6.07) is 8.08. The van der Waals surface area contributed by atoms with Crippen molar-refractivity contribution >= 4 is 5.78 Å². The van der Waals surface area contributed by atoms with Crippen LogP contribution in [0.2, 0.25) is 0 Å². The minimum absolute atomic E-state index is 0.252. The van der Waals surface area contributed by atoms with Gasteiger partial charge in [-0.15, -0.1) is 0 Å². The van der Waals surface area contributed by atoms with Crippen molar-refractivity contribution in [2.24, 2.45) is 11.8 Å². The zero-order valence-electron chi connectivity index (χ0n) is 10.2. The number of ketones is 1. The maximum Gasteiger partial charge on any atom is 0.166 e. The first kappa shape index (κ1) is 11.4. The molecule has 0 saturated carbocycles. The van der Waals surface area contributed by atoms with Crippen molar-refractivity contribution in [2.75, 3.05) is 0 Å². The molecule has 0 N–H and O–H groups in total. The monoisotopic (exact) mass is 216 g/mol. The molecule has 0 aliphatic heterocycles. The van der Waals surface area contributed by atoms with E-state index in [2.05, 4.69) is 19.9 Å². The number of rotatable bonds is 4. The van der Waals surface area contributed by atoms with Gasteiger partial charge in [0.05, 0.1) is 0 Å². The van der Waals surface area contributed by atoms with E-state index in [-0.39, 0.29) is 5.92 Å². The van der Waals surface area contributed by atoms with Gasteiger partial charge in [0, 0.05) is 11.5 Å². The summed E-state index contributed by atoms with van der Waals surface area (Å²) in [5, 5.41) is 0. The quantitative estimate of drug-likeness (QED) is 0.746. The molecule has 0 aromatic heterocycles. The Kier molecular flexibility index (Phi) is 3.42. The SMILES string of the molecule is CCC(CC)CC1Cc2ccccc2C1=O. The number of hydrogen-bond donors (Lipinski definition) is 0. The average molecular weight is 216 g/mol. The number of carbonyl (C=O) groups is 1. The van der Waals surface area contributed by atoms with Gasteiger partial charge in [0.25, 0.3) is 0 Å². The van der Waals surface area contributed by atoms with E-state index in [1.165, 1.54) is 18.4 Å². The van der Waals surface area contributed by atoms with Crippen molar-refractivity contribution < 1.29 is 4.79 Å². The van der Waals surface area contributed by atoms with Gasteiger partial charge < -0.3 is 0 Å². The lowest BCUT2D eigenvalue weighted by atomic mass is 9.88. The van der Waals surface area contributed by atoms with Gasteiger partial charge in [0.2, 0.25) is 0 Å². The van der Waals surface area contributed by atoms with Gasteiger partial charge in [-0.2, -0.15) is 0 Å². The predicted octanol–water partition coefficient (Wildman–Crippen LogP) is 3.87. The Morgan fingerprint density at radius 2 is 1.94 bits per heavy atom. The summed E-state index contributed by atoms with van der Waals surface area (Å²) in [5.74, 6) is 1.34. The Hall–Kier alpha value is -1.11. The molecule has 1 aromatic carbocycles. The molecule has 1 atom stereocenters. The van der Waals surface area contributed by atoms with Gasteiger partial charge in [0.1, 0.15) is 0 Å². The van der Waals surface area contributed by atoms with Crippen LogP contribution in [0.15, 0.2) is 24.3 Å². The van der Waals surface area contributed by atoms with Crippen LogP contribution in [0.5, 0.6) is 0 Å². The molecule has 1 aliphatic rings. The maximum atomic E-state index is 12.2. The standard InChI is InChI=1S/C15H20O/c1-3-11(4-2)9-13-10-12-7-5-6-8-14(12)15(13)16/h5-8,11,13H,3-4,9-10H2,1-2H3. The van der Waals surface area contributed by atoms with Gasteiger partial charge in [-0.3, -0.25) is 4.79 Å². The summed E-state index contributed by atoms with van der Waals surface area (Å²) in [4.78, 5) is 12.2. The van der Waals surface area contributed by atoms with Crippen LogP contribution < -0.4 is 0 Å². The first-order chi connectivity index (χ1) is 7.76. The number of hydrogen-bond acceptors (Lipinski definition) is 1. The summed E-state index contributed by atoms with van der Waals surface area (Å²) >= 11 is 0. The van der Waals surface area contributed by atoms with E-state index in [9.17, 15) is 4.79 Å². The topological polar surface area (TPSA) is 17.1 Å². The lowest BCUT2D eigenvalue weighted by Crippen LogP contribution is -2.14. The van der Waals surface area contributed by atoms with Crippen molar-refractivity contribution in [1.29, 1.82) is 0 Å². The summed E-state index contributed by atoms with van der Waals surface area (Å²) < 4.78 is 0. The highest BCUT2D eigenvalue weighted by atomic mass is 16.1. The van der Waals surface area contributed by atoms with E-state index in [0.29, 0.717) is 11.7 Å². The minimum Gasteiger partial charge on any atom is -0.294 e. The molecule has 86 valence electrons. The largest absolute Gasteiger partial charge is 0.294 e. The molecule has 0 saturated heterocycles. The third kappa shape index (κ3) is 2.04. The second-order valence-corrected chi connectivity index (χ2v) is 4.84. The molecule has 16 heavy (non-hydrogen) atoms. The fraction of sp³-hybridized carbons (Fsp3) is 0.533. The Morgan fingerprint density at radius 3 is 2.56 bits per heavy atom. The Labute approximate surface area is 97.9 Å². The zero-order chi connectivity index (χ0) is 11.5. The third-order valence-electron chi connectivity index (χ3n) is 3.89. The number of Topliss-reactive ketones (excluding diaryl/α,β-unsaturated/α-hetero) is 1. The molecule has 1 heteroatoms. The van der Waals surface area contributed by atoms with E-state index in [0.717, 1.165) is 18.4 Å². The van der Waals surface area contributed by atoms with Crippen LogP contribution in [-0.2, 0) is 6.42 Å². The smallest absolute Gasteiger partial charge is 0.166 e. The van der Waals surface area contributed by atoms with Gasteiger partial charge in [-0.1, -0.05) is 51.0 Å². The van der Waals surface area contributed by atoms with E-state index < -0.39 is 0 Å². The summed E-state index contributed by atoms with van der Waals surface area (Å²) in [7, 11) is 0. The highest BCUT2D eigenvalue weighted by Gasteiger charge is 2.30. The molecular weight excluding hydrogens is 196 g/mol. The van der Waals surface area contributed by atoms with Crippen molar-refractivity contribution in [3.05, 3.63) is 35.4 Å². The molecule has 0 fully saturated rings. The Morgan fingerprint density at radius 1 is 1.25 bits per heavy atom. The molecule has 1 aliphatic carbocycles. The van der Waals surface area contributed by atoms with Gasteiger partial charge >= 0.3 is 0 Å². The van der Waals surface area contributed by atoms with Crippen molar-refractivity contribution in [1.82, 2.24) is 0 Å². The molecular formula is C15H20O. The van der Waals surface area contributed by atoms with Crippen molar-refractivity contribution in [3.8, 4) is 0 Å². The highest BCUT2D eigenvalue weighted by molar-refractivity contribution is 6.02. The lowest BCUT2D eigenvalue weighted by Gasteiger charge is -2.16. The number of benzene rings is 1. The maximum absolute atomic E-state index is 12.2. The van der Waals surface area contributed by atoms with Crippen LogP contribution >= 0.6 is 0 Å². The Bertz CT molecular complexity index is 377. The summed E-state index contributed by atoms with van der Waals surface area (Å²) in [5.41, 5.74) is 2.22. The first-order valence-corrected chi connectivity index (χ1v) is 6.38. The van der Waals surface area contributed by atoms with Gasteiger partial charge in [-0.05, 0) is 24.3 Å². The third-order valence-corrected chi connectivity index (χ3v) is 3.89. The predicted molar refractivity (Wildman–Crippen MR) is 66.7 cm³/mol. The van der Waals surface area contributed by atoms with Crippen LogP contribution in [0.1, 0.15) is 49.0 Å². The van der Waals surface area contributed by atoms with Crippen molar-refractivity contribution in [3.63, 3.8) is 0 Å². The van der Waals surface area contributed by atoms with Gasteiger partial charge in [0.15, 0.2) is 5.78 Å². The summed E-state index contributed by atoms with van der Waals surface area (Å²) in [6.45, 7) is 4.45. The molecule has 1 nitrogen and oxygen atoms in total. The fourth-order valence-corrected chi connectivity index (χ4v) is 2.73. The Balaban J connectivity index is 2.10. The molecule has 0 heterocycles. The lowest BCUT2D eigenvalue weighted by molar-refractivity contribution is 0.0917. The zero-order valence-corrected chi connectivity index (χ0v) is 10.2. The first-order valence-electron chi connectivity index (χ1n) is 6.38. The molecule has 1 aromatic rings. The fourth-order valence-electron chi connectivity index (χ4n) is 2.73. The molecule has 2 rings (SSSR count). The van der Waals surface area contributed by atoms with Crippen LogP contribution in [-0.4, -0.2) is 5.78 Å². The van der Waals surface area contributed by atoms with Gasteiger partial charge in [-0.25, -0.2) is 0 Å². The molecule has 0 amide bonds. The number of fused-ring (bicyclic) bond motifs is 1. The molecule has 0 radical (unpaired) electrons. The normalized spacial score (nSPS) is 19.2. The number of carbonyl (C=O) groups excluding carboxylic acids is 1. The average Bonchev–Trinajstić information content (AvgIpc) is 2.64. The van der Waals surface area contributed by atoms with Crippen LogP contribution in [0.3, 0.4) is 0 Å². The van der Waals surface area contributed by atoms with Crippen molar-refractivity contribution in [2.45, 2.75) is 39.5 Å². The van der Waals surface area contributed by atoms with E-state index in [1.807, 2.05) is 18.2 Å². The second-order valence-electron chi connectivity index (χ2n) is 4.84. The van der Waals surface area contributed by atoms with E-state index >= 15 is 0 Å². The highest BCUT2D eigenvalue weighted by Crippen LogP contribution is 2.32. The van der Waals surface area contributed by atoms with E-state index in [1.54, 1.807) is 0 Å².